The smallest absolute Gasteiger partial charge is 0.352 e. The van der Waals surface area contributed by atoms with Gasteiger partial charge in [0.25, 0.3) is 0 Å². The number of hydrogen-bond donors (Lipinski definition) is 2. The van der Waals surface area contributed by atoms with E-state index in [1.165, 1.54) is 6.07 Å². The lowest BCUT2D eigenvalue weighted by atomic mass is 10.0. The average Bonchev–Trinajstić information content (AvgIpc) is 3.31. The van der Waals surface area contributed by atoms with Crippen molar-refractivity contribution in [1.82, 2.24) is 5.32 Å². The van der Waals surface area contributed by atoms with Gasteiger partial charge in [-0.25, -0.2) is 0 Å². The molecular formula is C17H23F3N2O. The van der Waals surface area contributed by atoms with Crippen LogP contribution in [0.4, 0.5) is 13.2 Å². The number of hydrogen-bond acceptors (Lipinski definition) is 2. The molecule has 23 heavy (non-hydrogen) atoms. The molecule has 1 aliphatic carbocycles. The van der Waals surface area contributed by atoms with Crippen LogP contribution in [0, 0.1) is 5.92 Å². The number of alkyl halides is 3. The highest BCUT2D eigenvalue weighted by molar-refractivity contribution is 5.83. The van der Waals surface area contributed by atoms with Crippen molar-refractivity contribution in [3.8, 4) is 0 Å². The fourth-order valence-electron chi connectivity index (χ4n) is 2.81. The summed E-state index contributed by atoms with van der Waals surface area (Å²) in [5.41, 5.74) is 5.57. The van der Waals surface area contributed by atoms with Crippen LogP contribution in [-0.2, 0) is 11.0 Å². The molecule has 128 valence electrons. The minimum absolute atomic E-state index is 0.0507. The number of nitrogens with two attached hydrogens (primary N) is 1. The van der Waals surface area contributed by atoms with Gasteiger partial charge in [-0.05, 0) is 30.4 Å². The fraction of sp³-hybridized carbons (Fsp3) is 0.588. The maximum atomic E-state index is 12.8. The van der Waals surface area contributed by atoms with E-state index in [1.54, 1.807) is 6.07 Å². The molecule has 0 aliphatic heterocycles. The molecule has 3 N–H and O–H groups in total. The van der Waals surface area contributed by atoms with Crippen LogP contribution in [0.3, 0.4) is 0 Å². The number of rotatable bonds is 7. The molecule has 0 heterocycles. The molecule has 3 nitrogen and oxygen atoms in total. The highest BCUT2D eigenvalue weighted by Crippen LogP contribution is 2.48. The molecule has 6 heteroatoms. The van der Waals surface area contributed by atoms with Gasteiger partial charge in [-0.1, -0.05) is 38.0 Å². The van der Waals surface area contributed by atoms with E-state index in [1.807, 2.05) is 0 Å². The van der Waals surface area contributed by atoms with Gasteiger partial charge in [0.1, 0.15) is 0 Å². The zero-order valence-electron chi connectivity index (χ0n) is 13.2. The predicted octanol–water partition coefficient (Wildman–Crippen LogP) is 3.44. The van der Waals surface area contributed by atoms with Crippen molar-refractivity contribution in [3.63, 3.8) is 0 Å². The molecule has 1 fully saturated rings. The van der Waals surface area contributed by atoms with Gasteiger partial charge in [0.15, 0.2) is 0 Å². The second-order valence-electron chi connectivity index (χ2n) is 6.16. The van der Waals surface area contributed by atoms with E-state index in [2.05, 4.69) is 12.2 Å². The van der Waals surface area contributed by atoms with E-state index in [9.17, 15) is 18.0 Å². The van der Waals surface area contributed by atoms with Crippen molar-refractivity contribution in [2.75, 3.05) is 6.54 Å². The standard InChI is InChI=1S/C17H23F3N2O/c1-2-3-7-13(10-21)22-16(23)15-9-14(15)11-5-4-6-12(8-11)17(18,19)20/h4-6,8,13-15H,2-3,7,9-10,21H2,1H3,(H,22,23). The van der Waals surface area contributed by atoms with Gasteiger partial charge < -0.3 is 11.1 Å². The Balaban J connectivity index is 1.95. The first kappa shape index (κ1) is 17.8. The summed E-state index contributed by atoms with van der Waals surface area (Å²) in [5.74, 6) is -0.463. The van der Waals surface area contributed by atoms with Gasteiger partial charge in [-0.2, -0.15) is 13.2 Å². The molecule has 1 amide bonds. The van der Waals surface area contributed by atoms with Crippen LogP contribution in [0.15, 0.2) is 24.3 Å². The summed E-state index contributed by atoms with van der Waals surface area (Å²) in [7, 11) is 0. The Kier molecular flexibility index (Phi) is 5.68. The van der Waals surface area contributed by atoms with Crippen molar-refractivity contribution < 1.29 is 18.0 Å². The van der Waals surface area contributed by atoms with Gasteiger partial charge in [0, 0.05) is 18.5 Å². The highest BCUT2D eigenvalue weighted by atomic mass is 19.4. The Morgan fingerprint density at radius 1 is 1.43 bits per heavy atom. The number of benzene rings is 1. The van der Waals surface area contributed by atoms with Gasteiger partial charge in [-0.15, -0.1) is 0 Å². The first-order valence-electron chi connectivity index (χ1n) is 8.04. The Labute approximate surface area is 134 Å². The Hall–Kier alpha value is -1.56. The SMILES string of the molecule is CCCCC(CN)NC(=O)C1CC1c1cccc(C(F)(F)F)c1. The molecule has 1 aliphatic rings. The van der Waals surface area contributed by atoms with Crippen molar-refractivity contribution >= 4 is 5.91 Å². The molecular weight excluding hydrogens is 305 g/mol. The molecule has 1 aromatic carbocycles. The zero-order chi connectivity index (χ0) is 17.0. The second kappa shape index (κ2) is 7.34. The molecule has 3 unspecified atom stereocenters. The van der Waals surface area contributed by atoms with Crippen molar-refractivity contribution in [2.24, 2.45) is 11.7 Å². The number of amides is 1. The molecule has 1 aromatic rings. The summed E-state index contributed by atoms with van der Waals surface area (Å²) in [6, 6.07) is 5.20. The molecule has 2 rings (SSSR count). The van der Waals surface area contributed by atoms with Crippen LogP contribution in [0.5, 0.6) is 0 Å². The van der Waals surface area contributed by atoms with Crippen LogP contribution < -0.4 is 11.1 Å². The van der Waals surface area contributed by atoms with Gasteiger partial charge in [0.2, 0.25) is 5.91 Å². The van der Waals surface area contributed by atoms with Crippen LogP contribution >= 0.6 is 0 Å². The van der Waals surface area contributed by atoms with E-state index in [0.717, 1.165) is 31.4 Å². The lowest BCUT2D eigenvalue weighted by molar-refractivity contribution is -0.137. The molecule has 0 saturated heterocycles. The van der Waals surface area contributed by atoms with E-state index < -0.39 is 11.7 Å². The minimum atomic E-state index is -4.35. The maximum Gasteiger partial charge on any atom is 0.416 e. The number of carbonyl (C=O) groups excluding carboxylic acids is 1. The third-order valence-corrected chi connectivity index (χ3v) is 4.31. The summed E-state index contributed by atoms with van der Waals surface area (Å²) < 4.78 is 38.3. The summed E-state index contributed by atoms with van der Waals surface area (Å²) in [5, 5.41) is 2.92. The predicted molar refractivity (Wildman–Crippen MR) is 82.8 cm³/mol. The van der Waals surface area contributed by atoms with Crippen molar-refractivity contribution in [1.29, 1.82) is 0 Å². The molecule has 0 spiro atoms. The zero-order valence-corrected chi connectivity index (χ0v) is 13.2. The third kappa shape index (κ3) is 4.70. The van der Waals surface area contributed by atoms with Crippen molar-refractivity contribution in [2.45, 2.75) is 50.7 Å². The normalized spacial score (nSPS) is 21.8. The molecule has 0 bridgehead atoms. The number of unbranched alkanes of at least 4 members (excludes halogenated alkanes) is 1. The Morgan fingerprint density at radius 3 is 2.78 bits per heavy atom. The summed E-state index contributed by atoms with van der Waals surface area (Å²) >= 11 is 0. The largest absolute Gasteiger partial charge is 0.416 e. The first-order valence-corrected chi connectivity index (χ1v) is 8.04. The lowest BCUT2D eigenvalue weighted by Crippen LogP contribution is -2.41. The topological polar surface area (TPSA) is 55.1 Å². The van der Waals surface area contributed by atoms with Crippen molar-refractivity contribution in [3.05, 3.63) is 35.4 Å². The molecule has 0 aromatic heterocycles. The van der Waals surface area contributed by atoms with Crippen LogP contribution in [0.1, 0.15) is 49.7 Å². The summed E-state index contributed by atoms with van der Waals surface area (Å²) in [6.07, 6.45) is -0.905. The average molecular weight is 328 g/mol. The van der Waals surface area contributed by atoms with Crippen LogP contribution in [0.2, 0.25) is 0 Å². The summed E-state index contributed by atoms with van der Waals surface area (Å²) in [4.78, 5) is 12.2. The van der Waals surface area contributed by atoms with Crippen LogP contribution in [-0.4, -0.2) is 18.5 Å². The van der Waals surface area contributed by atoms with Gasteiger partial charge in [0.05, 0.1) is 5.56 Å². The van der Waals surface area contributed by atoms with Gasteiger partial charge in [-0.3, -0.25) is 4.79 Å². The second-order valence-corrected chi connectivity index (χ2v) is 6.16. The maximum absolute atomic E-state index is 12.8. The fourth-order valence-corrected chi connectivity index (χ4v) is 2.81. The Bertz CT molecular complexity index is 545. The van der Waals surface area contributed by atoms with E-state index in [-0.39, 0.29) is 23.8 Å². The highest BCUT2D eigenvalue weighted by Gasteiger charge is 2.45. The quantitative estimate of drug-likeness (QED) is 0.805. The third-order valence-electron chi connectivity index (χ3n) is 4.31. The summed E-state index contributed by atoms with van der Waals surface area (Å²) in [6.45, 7) is 2.45. The first-order chi connectivity index (χ1) is 10.9. The van der Waals surface area contributed by atoms with E-state index in [4.69, 9.17) is 5.73 Å². The molecule has 0 radical (unpaired) electrons. The molecule has 3 atom stereocenters. The Morgan fingerprint density at radius 2 is 2.17 bits per heavy atom. The van der Waals surface area contributed by atoms with Crippen LogP contribution in [0.25, 0.3) is 0 Å². The molecule has 1 saturated carbocycles. The number of carbonyl (C=O) groups is 1. The van der Waals surface area contributed by atoms with E-state index in [0.29, 0.717) is 18.5 Å². The minimum Gasteiger partial charge on any atom is -0.352 e. The van der Waals surface area contributed by atoms with E-state index >= 15 is 0 Å². The lowest BCUT2D eigenvalue weighted by Gasteiger charge is -2.16. The monoisotopic (exact) mass is 328 g/mol. The number of halogens is 3. The number of nitrogens with one attached hydrogen (secondary N) is 1. The van der Waals surface area contributed by atoms with Gasteiger partial charge >= 0.3 is 6.18 Å².